The van der Waals surface area contributed by atoms with Crippen LogP contribution >= 0.6 is 0 Å². The van der Waals surface area contributed by atoms with Gasteiger partial charge in [-0.05, 0) is 36.3 Å². The third kappa shape index (κ3) is 2.05. The summed E-state index contributed by atoms with van der Waals surface area (Å²) in [6.45, 7) is 1.05. The number of hydrogen-bond acceptors (Lipinski definition) is 3. The van der Waals surface area contributed by atoms with Crippen molar-refractivity contribution in [3.8, 4) is 11.5 Å². The lowest BCUT2D eigenvalue weighted by Gasteiger charge is -2.43. The number of benzene rings is 1. The van der Waals surface area contributed by atoms with Crippen LogP contribution in [0.5, 0.6) is 11.5 Å². The molecule has 1 saturated carbocycles. The summed E-state index contributed by atoms with van der Waals surface area (Å²) in [5, 5.41) is 3.52. The lowest BCUT2D eigenvalue weighted by atomic mass is 9.65. The first-order valence-corrected chi connectivity index (χ1v) is 7.29. The Labute approximate surface area is 115 Å². The van der Waals surface area contributed by atoms with Gasteiger partial charge in [0.2, 0.25) is 0 Å². The molecule has 1 heterocycles. The summed E-state index contributed by atoms with van der Waals surface area (Å²) in [5.74, 6) is 1.82. The standard InChI is InChI=1S/C16H23NO2/c1-18-12-10-13-15(14(11-12)19-2)17-9-8-16(13)6-4-3-5-7-16/h10-11,17H,3-9H2,1-2H3. The molecule has 3 heteroatoms. The number of nitrogens with one attached hydrogen (secondary N) is 1. The van der Waals surface area contributed by atoms with Gasteiger partial charge in [0.1, 0.15) is 11.5 Å². The van der Waals surface area contributed by atoms with Gasteiger partial charge in [0.15, 0.2) is 0 Å². The molecule has 1 aliphatic carbocycles. The highest BCUT2D eigenvalue weighted by molar-refractivity contribution is 5.68. The minimum atomic E-state index is 0.348. The van der Waals surface area contributed by atoms with Gasteiger partial charge in [0, 0.05) is 12.6 Å². The molecule has 0 saturated heterocycles. The van der Waals surface area contributed by atoms with Gasteiger partial charge < -0.3 is 14.8 Å². The molecule has 1 N–H and O–H groups in total. The molecule has 1 aromatic carbocycles. The Balaban J connectivity index is 2.11. The molecule has 0 atom stereocenters. The molecule has 3 nitrogen and oxygen atoms in total. The summed E-state index contributed by atoms with van der Waals surface area (Å²) < 4.78 is 11.0. The quantitative estimate of drug-likeness (QED) is 0.880. The monoisotopic (exact) mass is 261 g/mol. The second kappa shape index (κ2) is 4.95. The second-order valence-electron chi connectivity index (χ2n) is 5.77. The van der Waals surface area contributed by atoms with E-state index < -0.39 is 0 Å². The topological polar surface area (TPSA) is 30.5 Å². The van der Waals surface area contributed by atoms with E-state index in [1.165, 1.54) is 49.8 Å². The highest BCUT2D eigenvalue weighted by atomic mass is 16.5. The van der Waals surface area contributed by atoms with Gasteiger partial charge >= 0.3 is 0 Å². The minimum absolute atomic E-state index is 0.348. The lowest BCUT2D eigenvalue weighted by molar-refractivity contribution is 0.272. The van der Waals surface area contributed by atoms with Crippen LogP contribution in [0.2, 0.25) is 0 Å². The molecule has 1 aliphatic heterocycles. The van der Waals surface area contributed by atoms with Crippen LogP contribution in [0.1, 0.15) is 44.1 Å². The van der Waals surface area contributed by atoms with Gasteiger partial charge in [-0.3, -0.25) is 0 Å². The van der Waals surface area contributed by atoms with E-state index in [4.69, 9.17) is 9.47 Å². The Hall–Kier alpha value is -1.38. The zero-order valence-electron chi connectivity index (χ0n) is 11.9. The first kappa shape index (κ1) is 12.6. The molecule has 1 aromatic rings. The average Bonchev–Trinajstić information content (AvgIpc) is 2.48. The van der Waals surface area contributed by atoms with Gasteiger partial charge in [-0.15, -0.1) is 0 Å². The van der Waals surface area contributed by atoms with Crippen molar-refractivity contribution >= 4 is 5.69 Å². The van der Waals surface area contributed by atoms with Crippen molar-refractivity contribution in [2.45, 2.75) is 43.9 Å². The number of anilines is 1. The molecule has 0 radical (unpaired) electrons. The van der Waals surface area contributed by atoms with Crippen molar-refractivity contribution < 1.29 is 9.47 Å². The predicted octanol–water partition coefficient (Wildman–Crippen LogP) is 3.72. The molecule has 104 valence electrons. The zero-order valence-corrected chi connectivity index (χ0v) is 11.9. The van der Waals surface area contributed by atoms with E-state index in [1.807, 2.05) is 6.07 Å². The van der Waals surface area contributed by atoms with E-state index in [0.29, 0.717) is 5.41 Å². The van der Waals surface area contributed by atoms with E-state index in [9.17, 15) is 0 Å². The van der Waals surface area contributed by atoms with Gasteiger partial charge in [0.25, 0.3) is 0 Å². The summed E-state index contributed by atoms with van der Waals surface area (Å²) in [5.41, 5.74) is 2.95. The van der Waals surface area contributed by atoms with Crippen LogP contribution in [0.4, 0.5) is 5.69 Å². The highest BCUT2D eigenvalue weighted by Gasteiger charge is 2.39. The minimum Gasteiger partial charge on any atom is -0.497 e. The molecule has 1 fully saturated rings. The van der Waals surface area contributed by atoms with Crippen LogP contribution in [0.15, 0.2) is 12.1 Å². The third-order valence-corrected chi connectivity index (χ3v) is 4.82. The van der Waals surface area contributed by atoms with Crippen molar-refractivity contribution in [2.24, 2.45) is 0 Å². The van der Waals surface area contributed by atoms with E-state index >= 15 is 0 Å². The fourth-order valence-electron chi connectivity index (χ4n) is 3.78. The average molecular weight is 261 g/mol. The Morgan fingerprint density at radius 1 is 1.00 bits per heavy atom. The van der Waals surface area contributed by atoms with Crippen molar-refractivity contribution in [1.29, 1.82) is 0 Å². The Morgan fingerprint density at radius 2 is 1.79 bits per heavy atom. The molecule has 3 rings (SSSR count). The van der Waals surface area contributed by atoms with Crippen molar-refractivity contribution in [3.63, 3.8) is 0 Å². The highest BCUT2D eigenvalue weighted by Crippen LogP contribution is 2.50. The fraction of sp³-hybridized carbons (Fsp3) is 0.625. The van der Waals surface area contributed by atoms with Crippen molar-refractivity contribution in [1.82, 2.24) is 0 Å². The van der Waals surface area contributed by atoms with Crippen LogP contribution in [-0.4, -0.2) is 20.8 Å². The number of hydrogen-bond donors (Lipinski definition) is 1. The van der Waals surface area contributed by atoms with E-state index in [2.05, 4.69) is 11.4 Å². The van der Waals surface area contributed by atoms with Gasteiger partial charge in [-0.25, -0.2) is 0 Å². The number of rotatable bonds is 2. The molecule has 0 aromatic heterocycles. The Kier molecular flexibility index (Phi) is 3.29. The van der Waals surface area contributed by atoms with E-state index in [1.54, 1.807) is 14.2 Å². The van der Waals surface area contributed by atoms with Crippen LogP contribution in [0.3, 0.4) is 0 Å². The zero-order chi connectivity index (χ0) is 13.3. The summed E-state index contributed by atoms with van der Waals surface area (Å²) in [6.07, 6.45) is 7.91. The smallest absolute Gasteiger partial charge is 0.145 e. The number of fused-ring (bicyclic) bond motifs is 2. The Bertz CT molecular complexity index is 464. The fourth-order valence-corrected chi connectivity index (χ4v) is 3.78. The van der Waals surface area contributed by atoms with E-state index in [-0.39, 0.29) is 0 Å². The normalized spacial score (nSPS) is 20.5. The molecular formula is C16H23NO2. The number of methoxy groups -OCH3 is 2. The van der Waals surface area contributed by atoms with Gasteiger partial charge in [-0.1, -0.05) is 19.3 Å². The second-order valence-corrected chi connectivity index (χ2v) is 5.77. The number of ether oxygens (including phenoxy) is 2. The molecule has 0 unspecified atom stereocenters. The summed E-state index contributed by atoms with van der Waals surface area (Å²) in [7, 11) is 3.46. The SMILES string of the molecule is COc1cc(OC)c2c(c1)C1(CCCCC1)CCN2. The maximum absolute atomic E-state index is 5.55. The van der Waals surface area contributed by atoms with E-state index in [0.717, 1.165) is 18.0 Å². The molecule has 2 aliphatic rings. The summed E-state index contributed by atoms with van der Waals surface area (Å²) >= 11 is 0. The Morgan fingerprint density at radius 3 is 2.47 bits per heavy atom. The third-order valence-electron chi connectivity index (χ3n) is 4.82. The van der Waals surface area contributed by atoms with Crippen LogP contribution in [0.25, 0.3) is 0 Å². The summed E-state index contributed by atoms with van der Waals surface area (Å²) in [6, 6.07) is 4.20. The molecule has 1 spiro atoms. The first-order chi connectivity index (χ1) is 9.29. The lowest BCUT2D eigenvalue weighted by Crippen LogP contribution is -2.36. The first-order valence-electron chi connectivity index (χ1n) is 7.29. The molecule has 19 heavy (non-hydrogen) atoms. The summed E-state index contributed by atoms with van der Waals surface area (Å²) in [4.78, 5) is 0. The van der Waals surface area contributed by atoms with Crippen molar-refractivity contribution in [3.05, 3.63) is 17.7 Å². The van der Waals surface area contributed by atoms with Crippen LogP contribution in [0, 0.1) is 0 Å². The maximum atomic E-state index is 5.55. The van der Waals surface area contributed by atoms with Crippen LogP contribution < -0.4 is 14.8 Å². The maximum Gasteiger partial charge on any atom is 0.145 e. The molecular weight excluding hydrogens is 238 g/mol. The largest absolute Gasteiger partial charge is 0.497 e. The van der Waals surface area contributed by atoms with Gasteiger partial charge in [0.05, 0.1) is 19.9 Å². The van der Waals surface area contributed by atoms with Crippen molar-refractivity contribution in [2.75, 3.05) is 26.1 Å². The molecule has 0 amide bonds. The molecule has 0 bridgehead atoms. The van der Waals surface area contributed by atoms with Crippen LogP contribution in [-0.2, 0) is 5.41 Å². The van der Waals surface area contributed by atoms with Gasteiger partial charge in [-0.2, -0.15) is 0 Å². The predicted molar refractivity (Wildman–Crippen MR) is 77.4 cm³/mol.